The van der Waals surface area contributed by atoms with Crippen LogP contribution in [0.1, 0.15) is 30.4 Å². The van der Waals surface area contributed by atoms with Gasteiger partial charge >= 0.3 is 6.18 Å². The van der Waals surface area contributed by atoms with Gasteiger partial charge in [0.2, 0.25) is 5.91 Å². The number of carbonyl (C=O) groups is 2. The van der Waals surface area contributed by atoms with E-state index in [1.54, 1.807) is 0 Å². The molecule has 0 bridgehead atoms. The normalized spacial score (nSPS) is 21.6. The predicted octanol–water partition coefficient (Wildman–Crippen LogP) is 3.95. The van der Waals surface area contributed by atoms with Gasteiger partial charge in [0.15, 0.2) is 0 Å². The number of amides is 2. The van der Waals surface area contributed by atoms with Gasteiger partial charge in [0.05, 0.1) is 11.5 Å². The molecule has 0 radical (unpaired) electrons. The van der Waals surface area contributed by atoms with E-state index in [0.717, 1.165) is 17.3 Å². The molecule has 2 amide bonds. The Kier molecular flexibility index (Phi) is 6.28. The standard InChI is InChI=1S/C24H25F4N3O3/c1-14-4-2-3-5-19(14)30-20-6-9-31(22(33)23(34)7-8-23)13-18(20)21(32)29-17-11-15(24(26,27)28)10-16(25)12-17/h2-5,10-12,18,20,30,34H,6-9,13H2,1H3,(H,29,32). The molecule has 2 fully saturated rings. The zero-order valence-electron chi connectivity index (χ0n) is 18.5. The fraction of sp³-hybridized carbons (Fsp3) is 0.417. The minimum absolute atomic E-state index is 0.0298. The molecule has 2 aromatic carbocycles. The maximum absolute atomic E-state index is 13.8. The van der Waals surface area contributed by atoms with Crippen LogP contribution in [-0.2, 0) is 15.8 Å². The Hall–Kier alpha value is -3.14. The smallest absolute Gasteiger partial charge is 0.381 e. The van der Waals surface area contributed by atoms with Crippen molar-refractivity contribution in [3.63, 3.8) is 0 Å². The third-order valence-corrected chi connectivity index (χ3v) is 6.34. The van der Waals surface area contributed by atoms with Crippen LogP contribution in [0.15, 0.2) is 42.5 Å². The summed E-state index contributed by atoms with van der Waals surface area (Å²) in [6.07, 6.45) is -3.68. The van der Waals surface area contributed by atoms with Crippen LogP contribution >= 0.6 is 0 Å². The molecule has 2 unspecified atom stereocenters. The van der Waals surface area contributed by atoms with Crippen molar-refractivity contribution in [2.75, 3.05) is 23.7 Å². The van der Waals surface area contributed by atoms with Gasteiger partial charge < -0.3 is 20.6 Å². The van der Waals surface area contributed by atoms with Crippen LogP contribution in [0.2, 0.25) is 0 Å². The van der Waals surface area contributed by atoms with E-state index in [1.807, 2.05) is 31.2 Å². The fourth-order valence-corrected chi connectivity index (χ4v) is 4.20. The van der Waals surface area contributed by atoms with Gasteiger partial charge in [0, 0.05) is 30.5 Å². The van der Waals surface area contributed by atoms with E-state index < -0.39 is 46.9 Å². The molecule has 182 valence electrons. The number of rotatable bonds is 5. The van der Waals surface area contributed by atoms with Gasteiger partial charge in [-0.1, -0.05) is 18.2 Å². The van der Waals surface area contributed by atoms with Crippen LogP contribution in [0.4, 0.5) is 28.9 Å². The summed E-state index contributed by atoms with van der Waals surface area (Å²) < 4.78 is 53.1. The molecule has 6 nitrogen and oxygen atoms in total. The first-order valence-electron chi connectivity index (χ1n) is 11.0. The number of hydrogen-bond acceptors (Lipinski definition) is 4. The van der Waals surface area contributed by atoms with Crippen molar-refractivity contribution in [2.45, 2.75) is 44.0 Å². The van der Waals surface area contributed by atoms with Crippen molar-refractivity contribution >= 4 is 23.2 Å². The lowest BCUT2D eigenvalue weighted by Gasteiger charge is -2.39. The summed E-state index contributed by atoms with van der Waals surface area (Å²) >= 11 is 0. The number of piperidine rings is 1. The number of carbonyl (C=O) groups excluding carboxylic acids is 2. The van der Waals surface area contributed by atoms with Gasteiger partial charge in [-0.15, -0.1) is 0 Å². The lowest BCUT2D eigenvalue weighted by molar-refractivity contribution is -0.145. The number of nitrogens with one attached hydrogen (secondary N) is 2. The van der Waals surface area contributed by atoms with E-state index in [1.165, 1.54) is 4.90 Å². The first kappa shape index (κ1) is 24.0. The predicted molar refractivity (Wildman–Crippen MR) is 117 cm³/mol. The highest BCUT2D eigenvalue weighted by molar-refractivity contribution is 5.95. The molecule has 1 aliphatic carbocycles. The molecule has 1 saturated heterocycles. The molecule has 1 aliphatic heterocycles. The molecular weight excluding hydrogens is 454 g/mol. The largest absolute Gasteiger partial charge is 0.416 e. The van der Waals surface area contributed by atoms with E-state index in [2.05, 4.69) is 10.6 Å². The van der Waals surface area contributed by atoms with E-state index in [-0.39, 0.29) is 12.2 Å². The van der Waals surface area contributed by atoms with Crippen molar-refractivity contribution in [2.24, 2.45) is 5.92 Å². The average molecular weight is 479 g/mol. The number of anilines is 2. The molecule has 0 aromatic heterocycles. The molecule has 34 heavy (non-hydrogen) atoms. The number of para-hydroxylation sites is 1. The summed E-state index contributed by atoms with van der Waals surface area (Å²) in [6.45, 7) is 2.18. The van der Waals surface area contributed by atoms with Crippen LogP contribution in [0.3, 0.4) is 0 Å². The zero-order valence-corrected chi connectivity index (χ0v) is 18.5. The van der Waals surface area contributed by atoms with Crippen molar-refractivity contribution in [1.29, 1.82) is 0 Å². The molecule has 4 rings (SSSR count). The SMILES string of the molecule is Cc1ccccc1NC1CCN(C(=O)C2(O)CC2)CC1C(=O)Nc1cc(F)cc(C(F)(F)F)c1. The molecule has 0 spiro atoms. The number of halogens is 4. The Morgan fingerprint density at radius 3 is 2.50 bits per heavy atom. The lowest BCUT2D eigenvalue weighted by atomic mass is 9.90. The quantitative estimate of drug-likeness (QED) is 0.568. The van der Waals surface area contributed by atoms with Crippen LogP contribution in [-0.4, -0.2) is 46.6 Å². The first-order chi connectivity index (χ1) is 16.0. The van der Waals surface area contributed by atoms with E-state index in [9.17, 15) is 32.3 Å². The highest BCUT2D eigenvalue weighted by atomic mass is 19.4. The summed E-state index contributed by atoms with van der Waals surface area (Å²) in [4.78, 5) is 27.3. The summed E-state index contributed by atoms with van der Waals surface area (Å²) in [5, 5.41) is 15.9. The molecule has 1 saturated carbocycles. The Labute approximate surface area is 193 Å². The van der Waals surface area contributed by atoms with E-state index in [4.69, 9.17) is 0 Å². The molecule has 1 heterocycles. The van der Waals surface area contributed by atoms with Gasteiger partial charge in [-0.05, 0) is 56.0 Å². The Bertz CT molecular complexity index is 1100. The molecule has 2 aliphatic rings. The maximum atomic E-state index is 13.8. The topological polar surface area (TPSA) is 81.7 Å². The van der Waals surface area contributed by atoms with Crippen molar-refractivity contribution in [3.8, 4) is 0 Å². The van der Waals surface area contributed by atoms with Crippen molar-refractivity contribution < 1.29 is 32.3 Å². The summed E-state index contributed by atoms with van der Waals surface area (Å²) in [5.41, 5.74) is -1.21. The maximum Gasteiger partial charge on any atom is 0.416 e. The second-order valence-corrected chi connectivity index (χ2v) is 8.96. The highest BCUT2D eigenvalue weighted by Gasteiger charge is 2.51. The third kappa shape index (κ3) is 5.16. The second-order valence-electron chi connectivity index (χ2n) is 8.96. The number of aliphatic hydroxyl groups is 1. The fourth-order valence-electron chi connectivity index (χ4n) is 4.20. The van der Waals surface area contributed by atoms with Crippen LogP contribution in [0, 0.1) is 18.7 Å². The number of hydrogen-bond donors (Lipinski definition) is 3. The summed E-state index contributed by atoms with van der Waals surface area (Å²) in [7, 11) is 0. The highest BCUT2D eigenvalue weighted by Crippen LogP contribution is 2.38. The Morgan fingerprint density at radius 1 is 1.15 bits per heavy atom. The number of aryl methyl sites for hydroxylation is 1. The van der Waals surface area contributed by atoms with Gasteiger partial charge in [-0.2, -0.15) is 13.2 Å². The number of alkyl halides is 3. The lowest BCUT2D eigenvalue weighted by Crippen LogP contribution is -2.55. The van der Waals surface area contributed by atoms with Gasteiger partial charge in [-0.3, -0.25) is 9.59 Å². The second kappa shape index (κ2) is 8.90. The van der Waals surface area contributed by atoms with Crippen LogP contribution in [0.5, 0.6) is 0 Å². The molecular formula is C24H25F4N3O3. The number of benzene rings is 2. The van der Waals surface area contributed by atoms with Gasteiger partial charge in [0.1, 0.15) is 11.4 Å². The Balaban J connectivity index is 1.58. The minimum Gasteiger partial charge on any atom is -0.381 e. The monoisotopic (exact) mass is 479 g/mol. The zero-order chi connectivity index (χ0) is 24.7. The first-order valence-corrected chi connectivity index (χ1v) is 11.0. The minimum atomic E-state index is -4.77. The molecule has 2 aromatic rings. The molecule has 3 N–H and O–H groups in total. The van der Waals surface area contributed by atoms with Crippen LogP contribution in [0.25, 0.3) is 0 Å². The van der Waals surface area contributed by atoms with Gasteiger partial charge in [-0.25, -0.2) is 4.39 Å². The third-order valence-electron chi connectivity index (χ3n) is 6.34. The van der Waals surface area contributed by atoms with Crippen molar-refractivity contribution in [3.05, 3.63) is 59.4 Å². The van der Waals surface area contributed by atoms with Crippen molar-refractivity contribution in [1.82, 2.24) is 4.90 Å². The van der Waals surface area contributed by atoms with Gasteiger partial charge in [0.25, 0.3) is 5.91 Å². The molecule has 2 atom stereocenters. The van der Waals surface area contributed by atoms with E-state index >= 15 is 0 Å². The number of nitrogens with zero attached hydrogens (tertiary/aromatic N) is 1. The average Bonchev–Trinajstić information content (AvgIpc) is 3.52. The Morgan fingerprint density at radius 2 is 1.85 bits per heavy atom. The van der Waals surface area contributed by atoms with Crippen LogP contribution < -0.4 is 10.6 Å². The summed E-state index contributed by atoms with van der Waals surface area (Å²) in [5.74, 6) is -3.08. The molecule has 10 heteroatoms. The van der Waals surface area contributed by atoms with E-state index in [0.29, 0.717) is 37.9 Å². The summed E-state index contributed by atoms with van der Waals surface area (Å²) in [6, 6.07) is 8.84. The number of likely N-dealkylation sites (tertiary alicyclic amines) is 1.